The van der Waals surface area contributed by atoms with Crippen molar-refractivity contribution in [3.63, 3.8) is 0 Å². The highest BCUT2D eigenvalue weighted by molar-refractivity contribution is 7.80. The van der Waals surface area contributed by atoms with Crippen LogP contribution in [0.4, 0.5) is 5.69 Å². The van der Waals surface area contributed by atoms with E-state index < -0.39 is 0 Å². The minimum absolute atomic E-state index is 0.0555. The second-order valence-electron chi connectivity index (χ2n) is 9.10. The Bertz CT molecular complexity index is 1040. The number of methoxy groups -OCH3 is 1. The van der Waals surface area contributed by atoms with Gasteiger partial charge in [0, 0.05) is 49.8 Å². The molecule has 2 aliphatic heterocycles. The minimum Gasteiger partial charge on any atom is -0.385 e. The molecule has 0 saturated carbocycles. The number of benzene rings is 1. The minimum atomic E-state index is -0.0798. The van der Waals surface area contributed by atoms with Crippen molar-refractivity contribution in [3.05, 3.63) is 64.4 Å². The lowest BCUT2D eigenvalue weighted by Crippen LogP contribution is -2.42. The summed E-state index contributed by atoms with van der Waals surface area (Å²) in [7, 11) is 3.85. The molecule has 1 fully saturated rings. The molecule has 0 spiro atoms. The fraction of sp³-hybridized carbons (Fsp3) is 0.440. The van der Waals surface area contributed by atoms with Gasteiger partial charge in [0.25, 0.3) is 0 Å². The van der Waals surface area contributed by atoms with Gasteiger partial charge >= 0.3 is 0 Å². The van der Waals surface area contributed by atoms with Crippen LogP contribution in [0.5, 0.6) is 0 Å². The standard InChI is InChI=1S/C25H31ClN4OS/c1-16-15-25(2,3)29(4)21-14-19(26)18(13-17(16)21)23-22(20-9-6-7-10-27-20)28-24(32)30(23)11-8-12-31-5/h6-7,9-10,13-15,22-23H,8,11-12H2,1-5H3,(H,28,32)/t22-,23-/m1/s1. The van der Waals surface area contributed by atoms with E-state index in [2.05, 4.69) is 66.1 Å². The van der Waals surface area contributed by atoms with Crippen molar-refractivity contribution in [2.45, 2.75) is 44.8 Å². The molecular formula is C25H31ClN4OS. The molecule has 1 saturated heterocycles. The summed E-state index contributed by atoms with van der Waals surface area (Å²) in [6, 6.07) is 10.2. The highest BCUT2D eigenvalue weighted by atomic mass is 35.5. The number of likely N-dealkylation sites (N-methyl/N-ethyl adjacent to an activating group) is 1. The van der Waals surface area contributed by atoms with Crippen LogP contribution in [0.2, 0.25) is 5.02 Å². The monoisotopic (exact) mass is 470 g/mol. The number of thiocarbonyl (C=S) groups is 1. The van der Waals surface area contributed by atoms with Crippen molar-refractivity contribution < 1.29 is 4.74 Å². The Balaban J connectivity index is 1.82. The molecule has 0 radical (unpaired) electrons. The highest BCUT2D eigenvalue weighted by Crippen LogP contribution is 2.46. The predicted octanol–water partition coefficient (Wildman–Crippen LogP) is 5.38. The fourth-order valence-corrected chi connectivity index (χ4v) is 5.38. The summed E-state index contributed by atoms with van der Waals surface area (Å²) in [4.78, 5) is 9.15. The van der Waals surface area contributed by atoms with E-state index in [0.717, 1.165) is 40.0 Å². The third kappa shape index (κ3) is 4.12. The maximum Gasteiger partial charge on any atom is 0.170 e. The summed E-state index contributed by atoms with van der Waals surface area (Å²) in [6.45, 7) is 8.07. The van der Waals surface area contributed by atoms with Crippen LogP contribution in [-0.4, -0.2) is 47.8 Å². The molecule has 2 aromatic rings. The maximum absolute atomic E-state index is 6.99. The van der Waals surface area contributed by atoms with Crippen molar-refractivity contribution in [2.75, 3.05) is 32.2 Å². The topological polar surface area (TPSA) is 40.6 Å². The van der Waals surface area contributed by atoms with E-state index in [1.54, 1.807) is 7.11 Å². The largest absolute Gasteiger partial charge is 0.385 e. The Kier molecular flexibility index (Phi) is 6.48. The first-order valence-electron chi connectivity index (χ1n) is 11.0. The number of nitrogens with one attached hydrogen (secondary N) is 1. The average Bonchev–Trinajstić information content (AvgIpc) is 3.08. The lowest BCUT2D eigenvalue weighted by molar-refractivity contribution is 0.180. The number of hydrogen-bond acceptors (Lipinski definition) is 4. The molecular weight excluding hydrogens is 440 g/mol. The number of anilines is 1. The van der Waals surface area contributed by atoms with E-state index in [1.807, 2.05) is 24.4 Å². The first-order chi connectivity index (χ1) is 15.2. The maximum atomic E-state index is 6.99. The van der Waals surface area contributed by atoms with E-state index in [1.165, 1.54) is 11.1 Å². The summed E-state index contributed by atoms with van der Waals surface area (Å²) in [5.41, 5.74) is 5.56. The number of aromatic nitrogens is 1. The predicted molar refractivity (Wildman–Crippen MR) is 136 cm³/mol. The second kappa shape index (κ2) is 9.00. The smallest absolute Gasteiger partial charge is 0.170 e. The van der Waals surface area contributed by atoms with Crippen molar-refractivity contribution in [1.29, 1.82) is 0 Å². The van der Waals surface area contributed by atoms with Crippen molar-refractivity contribution in [2.24, 2.45) is 0 Å². The summed E-state index contributed by atoms with van der Waals surface area (Å²) in [6.07, 6.45) is 5.02. The molecule has 0 unspecified atom stereocenters. The van der Waals surface area contributed by atoms with Crippen molar-refractivity contribution in [3.8, 4) is 0 Å². The summed E-state index contributed by atoms with van der Waals surface area (Å²) >= 11 is 12.7. The third-order valence-electron chi connectivity index (χ3n) is 6.60. The quantitative estimate of drug-likeness (QED) is 0.451. The number of rotatable bonds is 6. The molecule has 5 nitrogen and oxygen atoms in total. The molecule has 2 aliphatic rings. The van der Waals surface area contributed by atoms with E-state index in [0.29, 0.717) is 6.61 Å². The normalized spacial score (nSPS) is 21.9. The molecule has 0 aliphatic carbocycles. The number of allylic oxidation sites excluding steroid dienone is 1. The Labute approximate surface area is 201 Å². The molecule has 7 heteroatoms. The van der Waals surface area contributed by atoms with Crippen LogP contribution in [0.25, 0.3) is 5.57 Å². The van der Waals surface area contributed by atoms with Crippen LogP contribution in [-0.2, 0) is 4.74 Å². The van der Waals surface area contributed by atoms with Crippen LogP contribution < -0.4 is 10.2 Å². The zero-order valence-corrected chi connectivity index (χ0v) is 20.9. The van der Waals surface area contributed by atoms with E-state index in [4.69, 9.17) is 28.6 Å². The number of pyridine rings is 1. The zero-order chi connectivity index (χ0) is 23.0. The second-order valence-corrected chi connectivity index (χ2v) is 9.89. The summed E-state index contributed by atoms with van der Waals surface area (Å²) in [5, 5.41) is 4.98. The molecule has 4 rings (SSSR count). The van der Waals surface area contributed by atoms with Gasteiger partial charge in [-0.3, -0.25) is 4.98 Å². The van der Waals surface area contributed by atoms with Gasteiger partial charge in [-0.05, 0) is 74.8 Å². The van der Waals surface area contributed by atoms with E-state index in [9.17, 15) is 0 Å². The lowest BCUT2D eigenvalue weighted by Gasteiger charge is -2.41. The molecule has 170 valence electrons. The lowest BCUT2D eigenvalue weighted by atomic mass is 9.86. The molecule has 2 atom stereocenters. The van der Waals surface area contributed by atoms with Crippen LogP contribution in [0.3, 0.4) is 0 Å². The van der Waals surface area contributed by atoms with Gasteiger partial charge in [-0.15, -0.1) is 0 Å². The summed E-state index contributed by atoms with van der Waals surface area (Å²) in [5.74, 6) is 0. The molecule has 3 heterocycles. The Morgan fingerprint density at radius 1 is 1.28 bits per heavy atom. The van der Waals surface area contributed by atoms with Gasteiger partial charge < -0.3 is 19.9 Å². The van der Waals surface area contributed by atoms with E-state index in [-0.39, 0.29) is 17.6 Å². The van der Waals surface area contributed by atoms with Gasteiger partial charge in [-0.1, -0.05) is 23.7 Å². The van der Waals surface area contributed by atoms with Gasteiger partial charge in [0.1, 0.15) is 0 Å². The fourth-order valence-electron chi connectivity index (χ4n) is 4.78. The van der Waals surface area contributed by atoms with Gasteiger partial charge in [-0.25, -0.2) is 0 Å². The average molecular weight is 471 g/mol. The van der Waals surface area contributed by atoms with E-state index >= 15 is 0 Å². The Morgan fingerprint density at radius 3 is 2.75 bits per heavy atom. The van der Waals surface area contributed by atoms with Gasteiger partial charge in [0.2, 0.25) is 0 Å². The zero-order valence-electron chi connectivity index (χ0n) is 19.4. The highest BCUT2D eigenvalue weighted by Gasteiger charge is 2.41. The molecule has 1 N–H and O–H groups in total. The van der Waals surface area contributed by atoms with Gasteiger partial charge in [0.15, 0.2) is 5.11 Å². The third-order valence-corrected chi connectivity index (χ3v) is 7.28. The van der Waals surface area contributed by atoms with Crippen LogP contribution in [0.1, 0.15) is 56.1 Å². The first-order valence-corrected chi connectivity index (χ1v) is 11.8. The van der Waals surface area contributed by atoms with Crippen molar-refractivity contribution >= 4 is 40.2 Å². The number of ether oxygens (including phenoxy) is 1. The SMILES string of the molecule is COCCCN1C(=S)N[C@H](c2ccccn2)[C@H]1c1cc2c(cc1Cl)N(C)C(C)(C)C=C2C. The first kappa shape index (κ1) is 23.0. The Morgan fingerprint density at radius 2 is 2.06 bits per heavy atom. The molecule has 32 heavy (non-hydrogen) atoms. The van der Waals surface area contributed by atoms with Gasteiger partial charge in [-0.2, -0.15) is 0 Å². The van der Waals surface area contributed by atoms with Crippen LogP contribution in [0, 0.1) is 0 Å². The molecule has 1 aromatic heterocycles. The number of fused-ring (bicyclic) bond motifs is 1. The number of nitrogens with zero attached hydrogens (tertiary/aromatic N) is 3. The van der Waals surface area contributed by atoms with Crippen molar-refractivity contribution in [1.82, 2.24) is 15.2 Å². The number of hydrogen-bond donors (Lipinski definition) is 1. The molecule has 0 bridgehead atoms. The summed E-state index contributed by atoms with van der Waals surface area (Å²) < 4.78 is 5.29. The number of halogens is 1. The Hall–Kier alpha value is -2.15. The molecule has 1 aromatic carbocycles. The van der Waals surface area contributed by atoms with Crippen LogP contribution in [0.15, 0.2) is 42.6 Å². The van der Waals surface area contributed by atoms with Gasteiger partial charge in [0.05, 0.1) is 23.3 Å². The molecule has 0 amide bonds. The van der Waals surface area contributed by atoms with Crippen LogP contribution >= 0.6 is 23.8 Å².